The molecule has 0 amide bonds. The summed E-state index contributed by atoms with van der Waals surface area (Å²) in [7, 11) is 2.03. The van der Waals surface area contributed by atoms with Crippen LogP contribution in [-0.4, -0.2) is 35.8 Å². The van der Waals surface area contributed by atoms with Gasteiger partial charge in [0.1, 0.15) is 5.82 Å². The van der Waals surface area contributed by atoms with Crippen LogP contribution in [0.3, 0.4) is 0 Å². The van der Waals surface area contributed by atoms with Crippen LogP contribution in [0.25, 0.3) is 0 Å². The highest BCUT2D eigenvalue weighted by atomic mass is 28.4. The molecule has 0 saturated heterocycles. The summed E-state index contributed by atoms with van der Waals surface area (Å²) in [5.74, 6) is 0.208. The summed E-state index contributed by atoms with van der Waals surface area (Å²) >= 11 is 0. The van der Waals surface area contributed by atoms with Crippen molar-refractivity contribution in [1.29, 1.82) is 0 Å². The Bertz CT molecular complexity index is 197. The highest BCUT2D eigenvalue weighted by molar-refractivity contribution is 6.62. The lowest BCUT2D eigenvalue weighted by Crippen LogP contribution is -2.59. The average molecular weight is 235 g/mol. The molecule has 0 aromatic carbocycles. The van der Waals surface area contributed by atoms with E-state index in [0.717, 1.165) is 6.42 Å². The van der Waals surface area contributed by atoms with Crippen LogP contribution in [0.4, 0.5) is 0 Å². The van der Waals surface area contributed by atoms with E-state index in [4.69, 9.17) is 24.7 Å². The van der Waals surface area contributed by atoms with E-state index in [-0.39, 0.29) is 11.5 Å². The zero-order valence-corrected chi connectivity index (χ0v) is 10.7. The van der Waals surface area contributed by atoms with Crippen molar-refractivity contribution in [2.45, 2.75) is 19.0 Å². The maximum atomic E-state index is 5.34. The maximum absolute atomic E-state index is 5.34. The van der Waals surface area contributed by atoms with Crippen molar-refractivity contribution < 1.29 is 13.3 Å². The maximum Gasteiger partial charge on any atom is 0.523 e. The Morgan fingerprint density at radius 3 is 2.00 bits per heavy atom. The Hall–Kier alpha value is -0.763. The van der Waals surface area contributed by atoms with Crippen molar-refractivity contribution in [3.05, 3.63) is 12.0 Å². The second kappa shape index (κ2) is 6.67. The van der Waals surface area contributed by atoms with Crippen molar-refractivity contribution in [2.75, 3.05) is 21.3 Å². The van der Waals surface area contributed by atoms with Crippen molar-refractivity contribution in [3.8, 4) is 0 Å². The van der Waals surface area contributed by atoms with Crippen LogP contribution in [0.5, 0.6) is 0 Å². The van der Waals surface area contributed by atoms with Gasteiger partial charge in [0, 0.05) is 27.5 Å². The van der Waals surface area contributed by atoms with Crippen LogP contribution < -0.4 is 16.8 Å². The molecule has 90 valence electrons. The lowest BCUT2D eigenvalue weighted by atomic mass is 10.5. The number of nitrogens with one attached hydrogen (secondary N) is 1. The van der Waals surface area contributed by atoms with Gasteiger partial charge in [-0.05, 0) is 6.42 Å². The third kappa shape index (κ3) is 3.71. The molecule has 6 nitrogen and oxygen atoms in total. The average Bonchev–Trinajstić information content (AvgIpc) is 2.24. The fraction of sp³-hybridized carbons (Fsp3) is 0.750. The fourth-order valence-electron chi connectivity index (χ4n) is 1.34. The molecule has 0 aliphatic carbocycles. The predicted molar refractivity (Wildman–Crippen MR) is 60.5 cm³/mol. The first-order chi connectivity index (χ1) is 7.06. The van der Waals surface area contributed by atoms with Crippen molar-refractivity contribution >= 4 is 8.80 Å². The van der Waals surface area contributed by atoms with E-state index in [9.17, 15) is 0 Å². The van der Waals surface area contributed by atoms with Gasteiger partial charge >= 0.3 is 8.80 Å². The van der Waals surface area contributed by atoms with Gasteiger partial charge in [0.05, 0.1) is 5.67 Å². The van der Waals surface area contributed by atoms with Gasteiger partial charge in [0.15, 0.2) is 0 Å². The third-order valence-electron chi connectivity index (χ3n) is 2.14. The monoisotopic (exact) mass is 235 g/mol. The minimum atomic E-state index is -2.68. The molecule has 0 fully saturated rings. The van der Waals surface area contributed by atoms with E-state index >= 15 is 0 Å². The Morgan fingerprint density at radius 1 is 1.27 bits per heavy atom. The highest BCUT2D eigenvalue weighted by Gasteiger charge is 2.46. The fourth-order valence-corrected chi connectivity index (χ4v) is 3.48. The summed E-state index contributed by atoms with van der Waals surface area (Å²) in [6.45, 7) is 2.00. The Kier molecular flexibility index (Phi) is 6.33. The van der Waals surface area contributed by atoms with Crippen LogP contribution in [0.2, 0.25) is 0 Å². The van der Waals surface area contributed by atoms with Crippen LogP contribution >= 0.6 is 0 Å². The summed E-state index contributed by atoms with van der Waals surface area (Å²) in [5, 5.41) is 3.04. The number of hydrogen-bond acceptors (Lipinski definition) is 6. The molecule has 0 aromatic heterocycles. The summed E-state index contributed by atoms with van der Waals surface area (Å²) < 4.78 is 16.0. The van der Waals surface area contributed by atoms with E-state index in [0.29, 0.717) is 0 Å². The Labute approximate surface area is 91.9 Å². The molecule has 0 saturated carbocycles. The van der Waals surface area contributed by atoms with E-state index < -0.39 is 8.80 Å². The number of hydrogen-bond donors (Lipinski definition) is 3. The first-order valence-electron chi connectivity index (χ1n) is 4.68. The quantitative estimate of drug-likeness (QED) is 0.515. The zero-order valence-electron chi connectivity index (χ0n) is 9.74. The van der Waals surface area contributed by atoms with Crippen molar-refractivity contribution in [2.24, 2.45) is 11.5 Å². The molecule has 0 rings (SSSR count). The molecule has 1 unspecified atom stereocenters. The van der Waals surface area contributed by atoms with Crippen molar-refractivity contribution in [3.63, 3.8) is 0 Å². The van der Waals surface area contributed by atoms with E-state index in [2.05, 4.69) is 5.32 Å². The van der Waals surface area contributed by atoms with Crippen LogP contribution in [0.15, 0.2) is 12.0 Å². The van der Waals surface area contributed by atoms with Crippen molar-refractivity contribution in [1.82, 2.24) is 5.32 Å². The minimum Gasteiger partial charge on any atom is -0.385 e. The Morgan fingerprint density at radius 2 is 1.73 bits per heavy atom. The lowest BCUT2D eigenvalue weighted by Gasteiger charge is -2.31. The predicted octanol–water partition coefficient (Wildman–Crippen LogP) is -0.512. The molecular formula is C8H21N3O3Si. The summed E-state index contributed by atoms with van der Waals surface area (Å²) in [4.78, 5) is 0. The van der Waals surface area contributed by atoms with Gasteiger partial charge in [-0.25, -0.2) is 0 Å². The normalized spacial score (nSPS) is 13.3. The van der Waals surface area contributed by atoms with E-state index in [1.54, 1.807) is 21.3 Å². The van der Waals surface area contributed by atoms with Crippen LogP contribution in [0.1, 0.15) is 13.3 Å². The third-order valence-corrected chi connectivity index (χ3v) is 5.28. The molecule has 0 heterocycles. The van der Waals surface area contributed by atoms with Gasteiger partial charge in [-0.3, -0.25) is 0 Å². The first kappa shape index (κ1) is 14.2. The summed E-state index contributed by atoms with van der Waals surface area (Å²) in [5.41, 5.74) is 10.6. The van der Waals surface area contributed by atoms with E-state index in [1.165, 1.54) is 6.20 Å². The SMILES string of the molecule is CCC(NC=C(N)N)[Si](OC)(OC)OC. The van der Waals surface area contributed by atoms with E-state index in [1.807, 2.05) is 6.92 Å². The lowest BCUT2D eigenvalue weighted by molar-refractivity contribution is 0.108. The smallest absolute Gasteiger partial charge is 0.385 e. The second-order valence-corrected chi connectivity index (χ2v) is 6.12. The van der Waals surface area contributed by atoms with Gasteiger partial charge in [0.2, 0.25) is 0 Å². The van der Waals surface area contributed by atoms with Gasteiger partial charge in [-0.15, -0.1) is 0 Å². The second-order valence-electron chi connectivity index (χ2n) is 2.99. The zero-order chi connectivity index (χ0) is 11.9. The standard InChI is InChI=1S/C8H21N3O3Si/c1-5-8(11-6-7(9)10)15(12-2,13-3)14-4/h6,8,11H,5,9-10H2,1-4H3. The topological polar surface area (TPSA) is 91.8 Å². The molecule has 0 aliphatic rings. The molecule has 0 aromatic rings. The first-order valence-corrected chi connectivity index (χ1v) is 6.49. The van der Waals surface area contributed by atoms with Gasteiger partial charge in [-0.2, -0.15) is 0 Å². The summed E-state index contributed by atoms with van der Waals surface area (Å²) in [6.07, 6.45) is 2.30. The molecule has 5 N–H and O–H groups in total. The van der Waals surface area contributed by atoms with Crippen LogP contribution in [-0.2, 0) is 13.3 Å². The Balaban J connectivity index is 4.66. The van der Waals surface area contributed by atoms with Gasteiger partial charge in [0.25, 0.3) is 0 Å². The van der Waals surface area contributed by atoms with Gasteiger partial charge < -0.3 is 30.1 Å². The molecule has 0 bridgehead atoms. The molecular weight excluding hydrogens is 214 g/mol. The number of rotatable bonds is 7. The molecule has 15 heavy (non-hydrogen) atoms. The minimum absolute atomic E-state index is 0.0698. The molecule has 7 heteroatoms. The largest absolute Gasteiger partial charge is 0.523 e. The van der Waals surface area contributed by atoms with Gasteiger partial charge in [-0.1, -0.05) is 6.92 Å². The molecule has 0 radical (unpaired) electrons. The molecule has 1 atom stereocenters. The molecule has 0 spiro atoms. The highest BCUT2D eigenvalue weighted by Crippen LogP contribution is 2.14. The number of nitrogens with two attached hydrogens (primary N) is 2. The van der Waals surface area contributed by atoms with Crippen LogP contribution in [0, 0.1) is 0 Å². The summed E-state index contributed by atoms with van der Waals surface area (Å²) in [6, 6.07) is 0. The molecule has 0 aliphatic heterocycles.